The molecule has 0 aromatic heterocycles. The van der Waals surface area contributed by atoms with E-state index in [0.717, 1.165) is 0 Å². The Hall–Kier alpha value is -2.08. The second-order valence-corrected chi connectivity index (χ2v) is 4.95. The van der Waals surface area contributed by atoms with E-state index in [1.54, 1.807) is 38.5 Å². The Bertz CT molecular complexity index is 518. The zero-order chi connectivity index (χ0) is 15.2. The van der Waals surface area contributed by atoms with Gasteiger partial charge in [0.2, 0.25) is 11.8 Å². The standard InChI is InChI=1S/C15H20N2O4/c1-20-7-6-16-14(18)12-9-13(12)15(19)17-10-4-3-5-11(8-10)21-2/h3-5,8,12-13H,6-7,9H2,1-2H3,(H,16,18)(H,17,19). The summed E-state index contributed by atoms with van der Waals surface area (Å²) in [6, 6.07) is 7.14. The summed E-state index contributed by atoms with van der Waals surface area (Å²) in [4.78, 5) is 23.8. The Balaban J connectivity index is 1.81. The molecule has 6 nitrogen and oxygen atoms in total. The molecule has 6 heteroatoms. The van der Waals surface area contributed by atoms with E-state index < -0.39 is 0 Å². The molecule has 2 N–H and O–H groups in total. The Morgan fingerprint density at radius 1 is 1.24 bits per heavy atom. The average molecular weight is 292 g/mol. The van der Waals surface area contributed by atoms with Crippen molar-refractivity contribution in [3.05, 3.63) is 24.3 Å². The van der Waals surface area contributed by atoms with E-state index >= 15 is 0 Å². The molecule has 2 unspecified atom stereocenters. The fourth-order valence-corrected chi connectivity index (χ4v) is 2.12. The number of amides is 2. The second-order valence-electron chi connectivity index (χ2n) is 4.95. The first-order valence-electron chi connectivity index (χ1n) is 6.87. The third-order valence-electron chi connectivity index (χ3n) is 3.41. The minimum atomic E-state index is -0.251. The van der Waals surface area contributed by atoms with Crippen LogP contribution in [0.25, 0.3) is 0 Å². The number of rotatable bonds is 7. The van der Waals surface area contributed by atoms with Gasteiger partial charge in [-0.05, 0) is 18.6 Å². The molecule has 0 heterocycles. The van der Waals surface area contributed by atoms with E-state index in [1.807, 2.05) is 0 Å². The molecule has 0 aliphatic heterocycles. The van der Waals surface area contributed by atoms with Crippen LogP contribution in [0.4, 0.5) is 5.69 Å². The van der Waals surface area contributed by atoms with Gasteiger partial charge in [-0.1, -0.05) is 6.07 Å². The molecule has 1 aromatic carbocycles. The molecule has 1 saturated carbocycles. The molecule has 1 aliphatic rings. The molecule has 0 bridgehead atoms. The van der Waals surface area contributed by atoms with Gasteiger partial charge in [0.25, 0.3) is 0 Å². The monoisotopic (exact) mass is 292 g/mol. The Morgan fingerprint density at radius 3 is 2.71 bits per heavy atom. The summed E-state index contributed by atoms with van der Waals surface area (Å²) in [5, 5.41) is 5.56. The lowest BCUT2D eigenvalue weighted by molar-refractivity contribution is -0.125. The maximum absolute atomic E-state index is 12.1. The highest BCUT2D eigenvalue weighted by molar-refractivity contribution is 5.99. The highest BCUT2D eigenvalue weighted by Gasteiger charge is 2.47. The largest absolute Gasteiger partial charge is 0.497 e. The van der Waals surface area contributed by atoms with Crippen LogP contribution in [-0.2, 0) is 14.3 Å². The van der Waals surface area contributed by atoms with Crippen LogP contribution in [0.5, 0.6) is 5.75 Å². The molecule has 2 rings (SSSR count). The van der Waals surface area contributed by atoms with E-state index in [-0.39, 0.29) is 23.7 Å². The van der Waals surface area contributed by atoms with E-state index in [0.29, 0.717) is 31.0 Å². The SMILES string of the molecule is COCCNC(=O)C1CC1C(=O)Nc1cccc(OC)c1. The smallest absolute Gasteiger partial charge is 0.228 e. The van der Waals surface area contributed by atoms with Gasteiger partial charge in [-0.15, -0.1) is 0 Å². The van der Waals surface area contributed by atoms with Gasteiger partial charge in [0, 0.05) is 25.4 Å². The first-order valence-corrected chi connectivity index (χ1v) is 6.87. The molecule has 114 valence electrons. The molecule has 1 aliphatic carbocycles. The van der Waals surface area contributed by atoms with Gasteiger partial charge in [0.1, 0.15) is 5.75 Å². The van der Waals surface area contributed by atoms with Crippen molar-refractivity contribution in [3.63, 3.8) is 0 Å². The first-order chi connectivity index (χ1) is 10.2. The zero-order valence-electron chi connectivity index (χ0n) is 12.2. The van der Waals surface area contributed by atoms with Gasteiger partial charge in [0.15, 0.2) is 0 Å². The number of ether oxygens (including phenoxy) is 2. The predicted molar refractivity (Wildman–Crippen MR) is 78.1 cm³/mol. The number of anilines is 1. The van der Waals surface area contributed by atoms with Gasteiger partial charge >= 0.3 is 0 Å². The van der Waals surface area contributed by atoms with Crippen LogP contribution in [0.3, 0.4) is 0 Å². The maximum Gasteiger partial charge on any atom is 0.228 e. The molecular weight excluding hydrogens is 272 g/mol. The minimum absolute atomic E-state index is 0.0853. The predicted octanol–water partition coefficient (Wildman–Crippen LogP) is 1.03. The molecule has 2 atom stereocenters. The highest BCUT2D eigenvalue weighted by atomic mass is 16.5. The fourth-order valence-electron chi connectivity index (χ4n) is 2.12. The van der Waals surface area contributed by atoms with E-state index in [2.05, 4.69) is 10.6 Å². The molecular formula is C15H20N2O4. The lowest BCUT2D eigenvalue weighted by Crippen LogP contribution is -2.30. The normalized spacial score (nSPS) is 19.7. The topological polar surface area (TPSA) is 76.7 Å². The van der Waals surface area contributed by atoms with Crippen LogP contribution < -0.4 is 15.4 Å². The third-order valence-corrected chi connectivity index (χ3v) is 3.41. The van der Waals surface area contributed by atoms with E-state index in [4.69, 9.17) is 9.47 Å². The van der Waals surface area contributed by atoms with Crippen molar-refractivity contribution in [2.24, 2.45) is 11.8 Å². The molecule has 0 saturated heterocycles. The van der Waals surface area contributed by atoms with Crippen molar-refractivity contribution in [1.29, 1.82) is 0 Å². The number of carbonyl (C=O) groups is 2. The van der Waals surface area contributed by atoms with Crippen LogP contribution in [0.15, 0.2) is 24.3 Å². The molecule has 1 aromatic rings. The summed E-state index contributed by atoms with van der Waals surface area (Å²) in [5.41, 5.74) is 0.671. The van der Waals surface area contributed by atoms with Crippen molar-refractivity contribution in [2.45, 2.75) is 6.42 Å². The lowest BCUT2D eigenvalue weighted by atomic mass is 10.2. The van der Waals surface area contributed by atoms with Gasteiger partial charge < -0.3 is 20.1 Å². The van der Waals surface area contributed by atoms with Crippen molar-refractivity contribution in [2.75, 3.05) is 32.7 Å². The van der Waals surface area contributed by atoms with E-state index in [9.17, 15) is 9.59 Å². The summed E-state index contributed by atoms with van der Waals surface area (Å²) in [6.07, 6.45) is 0.592. The molecule has 1 fully saturated rings. The van der Waals surface area contributed by atoms with Crippen molar-refractivity contribution in [1.82, 2.24) is 5.32 Å². The summed E-state index contributed by atoms with van der Waals surface area (Å²) in [6.45, 7) is 0.940. The van der Waals surface area contributed by atoms with Crippen LogP contribution in [0, 0.1) is 11.8 Å². The highest BCUT2D eigenvalue weighted by Crippen LogP contribution is 2.39. The maximum atomic E-state index is 12.1. The second kappa shape index (κ2) is 7.08. The Labute approximate surface area is 123 Å². The quantitative estimate of drug-likeness (QED) is 0.736. The fraction of sp³-hybridized carbons (Fsp3) is 0.467. The van der Waals surface area contributed by atoms with Gasteiger partial charge in [-0.2, -0.15) is 0 Å². The van der Waals surface area contributed by atoms with E-state index in [1.165, 1.54) is 0 Å². The summed E-state index contributed by atoms with van der Waals surface area (Å²) < 4.78 is 9.96. The third kappa shape index (κ3) is 4.19. The number of hydrogen-bond donors (Lipinski definition) is 2. The summed E-state index contributed by atoms with van der Waals surface area (Å²) in [5.74, 6) is -0.0170. The average Bonchev–Trinajstić information content (AvgIpc) is 3.28. The van der Waals surface area contributed by atoms with Gasteiger partial charge in [-0.25, -0.2) is 0 Å². The Kier molecular flexibility index (Phi) is 5.16. The number of methoxy groups -OCH3 is 2. The summed E-state index contributed by atoms with van der Waals surface area (Å²) in [7, 11) is 3.15. The van der Waals surface area contributed by atoms with Crippen molar-refractivity contribution >= 4 is 17.5 Å². The number of hydrogen-bond acceptors (Lipinski definition) is 4. The van der Waals surface area contributed by atoms with Gasteiger partial charge in [0.05, 0.1) is 25.6 Å². The number of carbonyl (C=O) groups excluding carboxylic acids is 2. The number of nitrogens with one attached hydrogen (secondary N) is 2. The first kappa shape index (κ1) is 15.3. The van der Waals surface area contributed by atoms with Gasteiger partial charge in [-0.3, -0.25) is 9.59 Å². The number of benzene rings is 1. The molecule has 2 amide bonds. The molecule has 21 heavy (non-hydrogen) atoms. The van der Waals surface area contributed by atoms with Crippen molar-refractivity contribution < 1.29 is 19.1 Å². The zero-order valence-corrected chi connectivity index (χ0v) is 12.2. The van der Waals surface area contributed by atoms with Crippen molar-refractivity contribution in [3.8, 4) is 5.75 Å². The molecule has 0 radical (unpaired) electrons. The Morgan fingerprint density at radius 2 is 2.00 bits per heavy atom. The molecule has 0 spiro atoms. The van der Waals surface area contributed by atoms with Crippen LogP contribution in [0.2, 0.25) is 0 Å². The van der Waals surface area contributed by atoms with Crippen LogP contribution in [0.1, 0.15) is 6.42 Å². The summed E-state index contributed by atoms with van der Waals surface area (Å²) >= 11 is 0. The lowest BCUT2D eigenvalue weighted by Gasteiger charge is -2.07. The minimum Gasteiger partial charge on any atom is -0.497 e. The van der Waals surface area contributed by atoms with Crippen LogP contribution >= 0.6 is 0 Å². The van der Waals surface area contributed by atoms with Crippen LogP contribution in [-0.4, -0.2) is 39.2 Å².